The smallest absolute Gasteiger partial charge is 0.235 e. The summed E-state index contributed by atoms with van der Waals surface area (Å²) in [5.41, 5.74) is 0.966. The molecule has 0 unspecified atom stereocenters. The van der Waals surface area contributed by atoms with Crippen molar-refractivity contribution < 1.29 is 13.2 Å². The summed E-state index contributed by atoms with van der Waals surface area (Å²) in [6.45, 7) is 2.15. The monoisotopic (exact) mass is 343 g/mol. The summed E-state index contributed by atoms with van der Waals surface area (Å²) in [5, 5.41) is 2.58. The zero-order chi connectivity index (χ0) is 15.5. The van der Waals surface area contributed by atoms with Crippen LogP contribution in [0.2, 0.25) is 4.34 Å². The molecule has 1 N–H and O–H groups in total. The van der Waals surface area contributed by atoms with Crippen LogP contribution < -0.4 is 5.32 Å². The van der Waals surface area contributed by atoms with Gasteiger partial charge in [-0.2, -0.15) is 0 Å². The number of nitrogens with one attached hydrogen (secondary N) is 1. The Morgan fingerprint density at radius 1 is 1.19 bits per heavy atom. The van der Waals surface area contributed by atoms with Crippen molar-refractivity contribution in [3.8, 4) is 0 Å². The number of hydrogen-bond donors (Lipinski definition) is 1. The van der Waals surface area contributed by atoms with Gasteiger partial charge in [-0.3, -0.25) is 4.79 Å². The molecule has 1 aromatic carbocycles. The first-order valence-electron chi connectivity index (χ1n) is 6.17. The van der Waals surface area contributed by atoms with Crippen LogP contribution in [0.3, 0.4) is 0 Å². The summed E-state index contributed by atoms with van der Waals surface area (Å²) >= 11 is 7.13. The molecule has 21 heavy (non-hydrogen) atoms. The number of benzene rings is 1. The summed E-state index contributed by atoms with van der Waals surface area (Å²) in [5.74, 6) is -1.09. The zero-order valence-corrected chi connectivity index (χ0v) is 13.7. The summed E-state index contributed by atoms with van der Waals surface area (Å²) in [4.78, 5) is 12.8. The van der Waals surface area contributed by atoms with Gasteiger partial charge in [0.25, 0.3) is 0 Å². The molecule has 0 bridgehead atoms. The summed E-state index contributed by atoms with van der Waals surface area (Å²) in [6, 6.07) is 9.96. The van der Waals surface area contributed by atoms with Crippen LogP contribution in [0.4, 0.5) is 0 Å². The van der Waals surface area contributed by atoms with E-state index in [1.165, 1.54) is 23.5 Å². The van der Waals surface area contributed by atoms with Crippen molar-refractivity contribution in [1.29, 1.82) is 0 Å². The Bertz CT molecular complexity index is 736. The lowest BCUT2D eigenvalue weighted by molar-refractivity contribution is -0.118. The lowest BCUT2D eigenvalue weighted by Gasteiger charge is -2.06. The van der Waals surface area contributed by atoms with E-state index in [0.717, 1.165) is 10.4 Å². The molecule has 0 radical (unpaired) electrons. The predicted molar refractivity (Wildman–Crippen MR) is 84.4 cm³/mol. The molecule has 0 fully saturated rings. The third-order valence-corrected chi connectivity index (χ3v) is 5.65. The Labute approximate surface area is 132 Å². The number of amides is 1. The second-order valence-corrected chi connectivity index (χ2v) is 8.34. The standard InChI is InChI=1S/C14H14ClNO3S2/c1-10-2-5-12(6-3-10)21(18,19)9-14(17)16-8-11-4-7-13(15)20-11/h2-7H,8-9H2,1H3,(H,16,17). The molecule has 1 aromatic heterocycles. The van der Waals surface area contributed by atoms with Gasteiger partial charge >= 0.3 is 0 Å². The average molecular weight is 344 g/mol. The van der Waals surface area contributed by atoms with Crippen molar-refractivity contribution >= 4 is 38.7 Å². The molecule has 0 saturated heterocycles. The quantitative estimate of drug-likeness (QED) is 0.908. The molecule has 4 nitrogen and oxygen atoms in total. The fraction of sp³-hybridized carbons (Fsp3) is 0.214. The van der Waals surface area contributed by atoms with E-state index in [1.807, 2.05) is 6.92 Å². The van der Waals surface area contributed by atoms with Crippen LogP contribution in [-0.2, 0) is 21.2 Å². The normalized spacial score (nSPS) is 11.3. The van der Waals surface area contributed by atoms with Crippen molar-refractivity contribution in [1.82, 2.24) is 5.32 Å². The number of aryl methyl sites for hydroxylation is 1. The van der Waals surface area contributed by atoms with E-state index < -0.39 is 21.5 Å². The minimum absolute atomic E-state index is 0.155. The third-order valence-electron chi connectivity index (χ3n) is 2.79. The fourth-order valence-corrected chi connectivity index (χ4v) is 3.88. The number of carbonyl (C=O) groups is 1. The first kappa shape index (κ1) is 16.0. The van der Waals surface area contributed by atoms with Gasteiger partial charge in [0.1, 0.15) is 5.75 Å². The number of carbonyl (C=O) groups excluding carboxylic acids is 1. The average Bonchev–Trinajstić information content (AvgIpc) is 2.82. The zero-order valence-electron chi connectivity index (χ0n) is 11.3. The Morgan fingerprint density at radius 2 is 1.86 bits per heavy atom. The van der Waals surface area contributed by atoms with Crippen LogP contribution in [0, 0.1) is 6.92 Å². The van der Waals surface area contributed by atoms with Crippen molar-refractivity contribution in [3.05, 3.63) is 51.2 Å². The molecule has 2 aromatic rings. The maximum atomic E-state index is 12.1. The SMILES string of the molecule is Cc1ccc(S(=O)(=O)CC(=O)NCc2ccc(Cl)s2)cc1. The van der Waals surface area contributed by atoms with Crippen LogP contribution in [0.1, 0.15) is 10.4 Å². The van der Waals surface area contributed by atoms with Crippen LogP contribution in [-0.4, -0.2) is 20.1 Å². The minimum Gasteiger partial charge on any atom is -0.350 e. The van der Waals surface area contributed by atoms with Gasteiger partial charge in [0.05, 0.1) is 15.8 Å². The van der Waals surface area contributed by atoms with Gasteiger partial charge in [-0.05, 0) is 31.2 Å². The lowest BCUT2D eigenvalue weighted by atomic mass is 10.2. The van der Waals surface area contributed by atoms with Gasteiger partial charge in [-0.15, -0.1) is 11.3 Å². The molecular weight excluding hydrogens is 330 g/mol. The van der Waals surface area contributed by atoms with Crippen molar-refractivity contribution in [3.63, 3.8) is 0 Å². The number of rotatable bonds is 5. The van der Waals surface area contributed by atoms with E-state index in [9.17, 15) is 13.2 Å². The van der Waals surface area contributed by atoms with E-state index in [0.29, 0.717) is 4.34 Å². The molecule has 1 amide bonds. The van der Waals surface area contributed by atoms with Crippen LogP contribution in [0.25, 0.3) is 0 Å². The van der Waals surface area contributed by atoms with Gasteiger partial charge in [-0.1, -0.05) is 29.3 Å². The molecule has 112 valence electrons. The third kappa shape index (κ3) is 4.56. The molecule has 1 heterocycles. The maximum absolute atomic E-state index is 12.1. The van der Waals surface area contributed by atoms with Crippen LogP contribution in [0.15, 0.2) is 41.3 Å². The molecule has 0 aliphatic rings. The van der Waals surface area contributed by atoms with Gasteiger partial charge in [-0.25, -0.2) is 8.42 Å². The number of sulfone groups is 1. The van der Waals surface area contributed by atoms with Crippen molar-refractivity contribution in [2.24, 2.45) is 0 Å². The Kier molecular flexibility index (Phi) is 5.03. The van der Waals surface area contributed by atoms with E-state index >= 15 is 0 Å². The first-order valence-corrected chi connectivity index (χ1v) is 9.02. The molecule has 0 aliphatic carbocycles. The Morgan fingerprint density at radius 3 is 2.43 bits per heavy atom. The highest BCUT2D eigenvalue weighted by Gasteiger charge is 2.19. The molecular formula is C14H14ClNO3S2. The summed E-state index contributed by atoms with van der Waals surface area (Å²) in [7, 11) is -3.61. The Balaban J connectivity index is 1.96. The first-order chi connectivity index (χ1) is 9.87. The van der Waals surface area contributed by atoms with Crippen LogP contribution >= 0.6 is 22.9 Å². The molecule has 0 aliphatic heterocycles. The van der Waals surface area contributed by atoms with Crippen molar-refractivity contribution in [2.75, 3.05) is 5.75 Å². The Hall–Kier alpha value is -1.37. The number of hydrogen-bond acceptors (Lipinski definition) is 4. The second-order valence-electron chi connectivity index (χ2n) is 4.55. The minimum atomic E-state index is -3.61. The molecule has 2 rings (SSSR count). The topological polar surface area (TPSA) is 63.2 Å². The van der Waals surface area contributed by atoms with Crippen LogP contribution in [0.5, 0.6) is 0 Å². The number of halogens is 1. The summed E-state index contributed by atoms with van der Waals surface area (Å²) in [6.07, 6.45) is 0. The molecule has 0 saturated carbocycles. The maximum Gasteiger partial charge on any atom is 0.235 e. The molecule has 0 atom stereocenters. The van der Waals surface area contributed by atoms with E-state index in [2.05, 4.69) is 5.32 Å². The largest absolute Gasteiger partial charge is 0.350 e. The van der Waals surface area contributed by atoms with E-state index in [4.69, 9.17) is 11.6 Å². The van der Waals surface area contributed by atoms with Gasteiger partial charge in [0.2, 0.25) is 5.91 Å². The van der Waals surface area contributed by atoms with Gasteiger partial charge in [0, 0.05) is 4.88 Å². The van der Waals surface area contributed by atoms with Crippen molar-refractivity contribution in [2.45, 2.75) is 18.4 Å². The fourth-order valence-electron chi connectivity index (χ4n) is 1.69. The second kappa shape index (κ2) is 6.60. The highest BCUT2D eigenvalue weighted by Crippen LogP contribution is 2.21. The summed E-state index contributed by atoms with van der Waals surface area (Å²) < 4.78 is 24.8. The number of thiophene rings is 1. The highest BCUT2D eigenvalue weighted by atomic mass is 35.5. The molecule has 0 spiro atoms. The lowest BCUT2D eigenvalue weighted by Crippen LogP contribution is -2.29. The van der Waals surface area contributed by atoms with E-state index in [1.54, 1.807) is 24.3 Å². The van der Waals surface area contributed by atoms with E-state index in [-0.39, 0.29) is 11.4 Å². The van der Waals surface area contributed by atoms with Gasteiger partial charge in [0.15, 0.2) is 9.84 Å². The molecule has 7 heteroatoms. The predicted octanol–water partition coefficient (Wildman–Crippen LogP) is 2.80. The van der Waals surface area contributed by atoms with Gasteiger partial charge < -0.3 is 5.32 Å². The highest BCUT2D eigenvalue weighted by molar-refractivity contribution is 7.92.